The molecule has 0 aliphatic rings. The first-order chi connectivity index (χ1) is 3.31. The highest BCUT2D eigenvalue weighted by Crippen LogP contribution is 1.93. The van der Waals surface area contributed by atoms with E-state index in [1.165, 1.54) is 5.57 Å². The SMILES string of the molecule is CCC(C)=CNC. The van der Waals surface area contributed by atoms with Crippen LogP contribution in [0.4, 0.5) is 0 Å². The van der Waals surface area contributed by atoms with Gasteiger partial charge in [0.1, 0.15) is 0 Å². The van der Waals surface area contributed by atoms with Crippen molar-refractivity contribution in [3.8, 4) is 0 Å². The first kappa shape index (κ1) is 6.54. The molecule has 0 bridgehead atoms. The summed E-state index contributed by atoms with van der Waals surface area (Å²) >= 11 is 0. The van der Waals surface area contributed by atoms with Crippen LogP contribution in [0.3, 0.4) is 0 Å². The van der Waals surface area contributed by atoms with Crippen LogP contribution < -0.4 is 5.32 Å². The van der Waals surface area contributed by atoms with Crippen LogP contribution in [0.15, 0.2) is 11.8 Å². The zero-order valence-electron chi connectivity index (χ0n) is 5.28. The number of nitrogens with one attached hydrogen (secondary N) is 1. The fourth-order valence-electron chi connectivity index (χ4n) is 0.348. The molecule has 0 spiro atoms. The lowest BCUT2D eigenvalue weighted by molar-refractivity contribution is 1.01. The van der Waals surface area contributed by atoms with Gasteiger partial charge in [0, 0.05) is 7.05 Å². The fraction of sp³-hybridized carbons (Fsp3) is 0.667. The Morgan fingerprint density at radius 2 is 2.29 bits per heavy atom. The Morgan fingerprint density at radius 1 is 1.71 bits per heavy atom. The lowest BCUT2D eigenvalue weighted by Gasteiger charge is -1.91. The minimum absolute atomic E-state index is 1.14. The summed E-state index contributed by atoms with van der Waals surface area (Å²) in [5.41, 5.74) is 1.39. The molecule has 0 heterocycles. The molecule has 42 valence electrons. The number of rotatable bonds is 2. The van der Waals surface area contributed by atoms with Gasteiger partial charge in [-0.2, -0.15) is 0 Å². The summed E-state index contributed by atoms with van der Waals surface area (Å²) in [5, 5.41) is 2.96. The van der Waals surface area contributed by atoms with Crippen molar-refractivity contribution in [3.05, 3.63) is 11.8 Å². The Morgan fingerprint density at radius 3 is 2.43 bits per heavy atom. The van der Waals surface area contributed by atoms with Crippen molar-refractivity contribution < 1.29 is 0 Å². The molecule has 0 rings (SSSR count). The van der Waals surface area contributed by atoms with Crippen LogP contribution in [-0.2, 0) is 0 Å². The highest BCUT2D eigenvalue weighted by Gasteiger charge is 1.76. The van der Waals surface area contributed by atoms with Crippen molar-refractivity contribution in [1.29, 1.82) is 0 Å². The summed E-state index contributed by atoms with van der Waals surface area (Å²) in [7, 11) is 1.92. The molecule has 0 radical (unpaired) electrons. The molecule has 0 amide bonds. The molecule has 0 aromatic heterocycles. The third kappa shape index (κ3) is 3.37. The van der Waals surface area contributed by atoms with E-state index in [1.807, 2.05) is 13.2 Å². The van der Waals surface area contributed by atoms with Crippen molar-refractivity contribution >= 4 is 0 Å². The van der Waals surface area contributed by atoms with Gasteiger partial charge in [-0.1, -0.05) is 12.5 Å². The smallest absolute Gasteiger partial charge is 0.00276 e. The monoisotopic (exact) mass is 99.1 g/mol. The molecule has 1 heteroatoms. The summed E-state index contributed by atoms with van der Waals surface area (Å²) in [6.45, 7) is 4.25. The third-order valence-electron chi connectivity index (χ3n) is 0.948. The van der Waals surface area contributed by atoms with Crippen LogP contribution in [0, 0.1) is 0 Å². The average molecular weight is 99.2 g/mol. The molecular weight excluding hydrogens is 86.1 g/mol. The molecule has 0 fully saturated rings. The van der Waals surface area contributed by atoms with E-state index in [2.05, 4.69) is 19.2 Å². The maximum Gasteiger partial charge on any atom is 0.00276 e. The molecule has 1 N–H and O–H groups in total. The first-order valence-electron chi connectivity index (χ1n) is 2.64. The quantitative estimate of drug-likeness (QED) is 0.553. The average Bonchev–Trinajstić information content (AvgIpc) is 1.68. The van der Waals surface area contributed by atoms with Gasteiger partial charge in [0.25, 0.3) is 0 Å². The van der Waals surface area contributed by atoms with Crippen LogP contribution in [0.2, 0.25) is 0 Å². The second kappa shape index (κ2) is 3.72. The maximum atomic E-state index is 2.96. The topological polar surface area (TPSA) is 12.0 Å². The van der Waals surface area contributed by atoms with Crippen LogP contribution in [0.1, 0.15) is 20.3 Å². The van der Waals surface area contributed by atoms with E-state index in [4.69, 9.17) is 0 Å². The molecular formula is C6H13N. The van der Waals surface area contributed by atoms with E-state index < -0.39 is 0 Å². The van der Waals surface area contributed by atoms with Crippen molar-refractivity contribution in [1.82, 2.24) is 5.32 Å². The van der Waals surface area contributed by atoms with E-state index in [0.717, 1.165) is 6.42 Å². The fourth-order valence-corrected chi connectivity index (χ4v) is 0.348. The van der Waals surface area contributed by atoms with E-state index in [9.17, 15) is 0 Å². The van der Waals surface area contributed by atoms with Gasteiger partial charge in [-0.05, 0) is 19.5 Å². The van der Waals surface area contributed by atoms with Gasteiger partial charge in [-0.25, -0.2) is 0 Å². The normalized spacial score (nSPS) is 11.6. The first-order valence-corrected chi connectivity index (χ1v) is 2.64. The minimum Gasteiger partial charge on any atom is -0.394 e. The zero-order chi connectivity index (χ0) is 5.70. The van der Waals surface area contributed by atoms with Gasteiger partial charge in [-0.15, -0.1) is 0 Å². The number of allylic oxidation sites excluding steroid dienone is 1. The standard InChI is InChI=1S/C6H13N/c1-4-6(2)5-7-3/h5,7H,4H2,1-3H3. The molecule has 0 aliphatic heterocycles. The van der Waals surface area contributed by atoms with Gasteiger partial charge in [0.05, 0.1) is 0 Å². The summed E-state index contributed by atoms with van der Waals surface area (Å²) < 4.78 is 0. The summed E-state index contributed by atoms with van der Waals surface area (Å²) in [5.74, 6) is 0. The molecule has 0 atom stereocenters. The highest BCUT2D eigenvalue weighted by atomic mass is 14.8. The molecule has 0 aliphatic carbocycles. The Bertz CT molecular complexity index is 64.6. The molecule has 0 aromatic rings. The lowest BCUT2D eigenvalue weighted by Crippen LogP contribution is -1.93. The van der Waals surface area contributed by atoms with Gasteiger partial charge in [0.15, 0.2) is 0 Å². The van der Waals surface area contributed by atoms with E-state index >= 15 is 0 Å². The summed E-state index contributed by atoms with van der Waals surface area (Å²) in [6.07, 6.45) is 3.15. The van der Waals surface area contributed by atoms with Gasteiger partial charge in [-0.3, -0.25) is 0 Å². The second-order valence-electron chi connectivity index (χ2n) is 1.63. The van der Waals surface area contributed by atoms with E-state index in [1.54, 1.807) is 0 Å². The molecule has 0 unspecified atom stereocenters. The van der Waals surface area contributed by atoms with E-state index in [-0.39, 0.29) is 0 Å². The van der Waals surface area contributed by atoms with Crippen LogP contribution in [0.25, 0.3) is 0 Å². The van der Waals surface area contributed by atoms with Crippen molar-refractivity contribution in [2.45, 2.75) is 20.3 Å². The number of hydrogen-bond donors (Lipinski definition) is 1. The van der Waals surface area contributed by atoms with Gasteiger partial charge < -0.3 is 5.32 Å². The van der Waals surface area contributed by atoms with Gasteiger partial charge in [0.2, 0.25) is 0 Å². The van der Waals surface area contributed by atoms with Crippen LogP contribution in [-0.4, -0.2) is 7.05 Å². The van der Waals surface area contributed by atoms with Crippen LogP contribution in [0.5, 0.6) is 0 Å². The molecule has 0 aromatic carbocycles. The molecule has 1 nitrogen and oxygen atoms in total. The third-order valence-corrected chi connectivity index (χ3v) is 0.948. The molecule has 0 saturated heterocycles. The van der Waals surface area contributed by atoms with Crippen LogP contribution >= 0.6 is 0 Å². The highest BCUT2D eigenvalue weighted by molar-refractivity contribution is 4.93. The predicted octanol–water partition coefficient (Wildman–Crippen LogP) is 1.52. The van der Waals surface area contributed by atoms with E-state index in [0.29, 0.717) is 0 Å². The second-order valence-corrected chi connectivity index (χ2v) is 1.63. The Balaban J connectivity index is 3.29. The Labute approximate surface area is 45.4 Å². The predicted molar refractivity (Wildman–Crippen MR) is 33.1 cm³/mol. The molecule has 0 saturated carbocycles. The maximum absolute atomic E-state index is 2.96. The van der Waals surface area contributed by atoms with Crippen molar-refractivity contribution in [3.63, 3.8) is 0 Å². The zero-order valence-corrected chi connectivity index (χ0v) is 5.28. The Kier molecular flexibility index (Phi) is 3.48. The minimum atomic E-state index is 1.14. The molecule has 7 heavy (non-hydrogen) atoms. The van der Waals surface area contributed by atoms with Gasteiger partial charge >= 0.3 is 0 Å². The van der Waals surface area contributed by atoms with Crippen molar-refractivity contribution in [2.24, 2.45) is 0 Å². The van der Waals surface area contributed by atoms with Crippen molar-refractivity contribution in [2.75, 3.05) is 7.05 Å². The summed E-state index contributed by atoms with van der Waals surface area (Å²) in [4.78, 5) is 0. The summed E-state index contributed by atoms with van der Waals surface area (Å²) in [6, 6.07) is 0. The largest absolute Gasteiger partial charge is 0.394 e. The Hall–Kier alpha value is -0.460. The number of hydrogen-bond acceptors (Lipinski definition) is 1. The lowest BCUT2D eigenvalue weighted by atomic mass is 10.3.